The Kier molecular flexibility index (Phi) is 5.65. The molecule has 0 aromatic carbocycles. The van der Waals surface area contributed by atoms with Crippen LogP contribution < -0.4 is 5.32 Å². The lowest BCUT2D eigenvalue weighted by atomic mass is 10.3. The molecule has 0 unspecified atom stereocenters. The molecule has 0 aromatic heterocycles. The molecule has 4 heteroatoms. The van der Waals surface area contributed by atoms with Crippen molar-refractivity contribution in [3.8, 4) is 0 Å². The van der Waals surface area contributed by atoms with Crippen molar-refractivity contribution in [1.82, 2.24) is 10.2 Å². The van der Waals surface area contributed by atoms with Crippen molar-refractivity contribution in [3.63, 3.8) is 0 Å². The largest absolute Gasteiger partial charge is 0.395 e. The first-order valence-electron chi connectivity index (χ1n) is 5.88. The fraction of sp³-hybridized carbons (Fsp3) is 0.909. The first-order valence-corrected chi connectivity index (χ1v) is 5.88. The van der Waals surface area contributed by atoms with E-state index in [1.807, 2.05) is 0 Å². The number of aliphatic hydroxyl groups is 1. The van der Waals surface area contributed by atoms with Crippen molar-refractivity contribution in [1.29, 1.82) is 0 Å². The van der Waals surface area contributed by atoms with Crippen LogP contribution in [0.5, 0.6) is 0 Å². The molecule has 4 nitrogen and oxygen atoms in total. The maximum Gasteiger partial charge on any atom is 0.221 e. The van der Waals surface area contributed by atoms with Crippen LogP contribution in [0.1, 0.15) is 32.6 Å². The number of nitrogens with one attached hydrogen (secondary N) is 1. The Morgan fingerprint density at radius 2 is 2.13 bits per heavy atom. The smallest absolute Gasteiger partial charge is 0.221 e. The van der Waals surface area contributed by atoms with Crippen LogP contribution in [0, 0.1) is 0 Å². The highest BCUT2D eigenvalue weighted by Gasteiger charge is 2.23. The second kappa shape index (κ2) is 6.80. The Morgan fingerprint density at radius 1 is 1.40 bits per heavy atom. The molecule has 0 bridgehead atoms. The van der Waals surface area contributed by atoms with Crippen LogP contribution in [0.2, 0.25) is 0 Å². The van der Waals surface area contributed by atoms with Crippen molar-refractivity contribution in [2.24, 2.45) is 0 Å². The summed E-state index contributed by atoms with van der Waals surface area (Å²) in [6, 6.07) is 0.454. The van der Waals surface area contributed by atoms with Crippen LogP contribution in [0.3, 0.4) is 0 Å². The summed E-state index contributed by atoms with van der Waals surface area (Å²) in [5.74, 6) is 0.150. The van der Waals surface area contributed by atoms with E-state index < -0.39 is 0 Å². The highest BCUT2D eigenvalue weighted by Crippen LogP contribution is 2.18. The van der Waals surface area contributed by atoms with Gasteiger partial charge in [-0.2, -0.15) is 0 Å². The van der Waals surface area contributed by atoms with Crippen molar-refractivity contribution >= 4 is 5.91 Å². The van der Waals surface area contributed by atoms with E-state index in [4.69, 9.17) is 5.11 Å². The lowest BCUT2D eigenvalue weighted by molar-refractivity contribution is -0.121. The number of carbonyl (C=O) groups excluding carboxylic acids is 1. The van der Waals surface area contributed by atoms with Crippen molar-refractivity contribution in [2.75, 3.05) is 26.2 Å². The zero-order valence-electron chi connectivity index (χ0n) is 9.54. The van der Waals surface area contributed by atoms with Crippen molar-refractivity contribution in [2.45, 2.75) is 38.6 Å². The topological polar surface area (TPSA) is 52.6 Å². The van der Waals surface area contributed by atoms with E-state index in [0.29, 0.717) is 19.0 Å². The minimum absolute atomic E-state index is 0.150. The van der Waals surface area contributed by atoms with Gasteiger partial charge in [0, 0.05) is 25.6 Å². The maximum atomic E-state index is 11.4. The Hall–Kier alpha value is -0.610. The fourth-order valence-corrected chi connectivity index (χ4v) is 1.58. The molecule has 1 aliphatic carbocycles. The van der Waals surface area contributed by atoms with Gasteiger partial charge in [0.15, 0.2) is 0 Å². The van der Waals surface area contributed by atoms with Crippen LogP contribution >= 0.6 is 0 Å². The van der Waals surface area contributed by atoms with Crippen LogP contribution in [0.25, 0.3) is 0 Å². The number of rotatable bonds is 8. The van der Waals surface area contributed by atoms with Crippen LogP contribution in [-0.2, 0) is 4.79 Å². The Balaban J connectivity index is 2.10. The van der Waals surface area contributed by atoms with E-state index in [9.17, 15) is 4.79 Å². The van der Waals surface area contributed by atoms with Crippen molar-refractivity contribution < 1.29 is 9.90 Å². The molecule has 0 aromatic rings. The summed E-state index contributed by atoms with van der Waals surface area (Å²) in [6.45, 7) is 4.66. The first-order chi connectivity index (χ1) is 7.26. The molecule has 15 heavy (non-hydrogen) atoms. The molecular formula is C11H22N2O2. The van der Waals surface area contributed by atoms with Gasteiger partial charge in [-0.05, 0) is 25.8 Å². The number of hydrogen-bond acceptors (Lipinski definition) is 3. The number of hydrogen-bond donors (Lipinski definition) is 2. The molecule has 0 atom stereocenters. The van der Waals surface area contributed by atoms with Crippen molar-refractivity contribution in [3.05, 3.63) is 0 Å². The lowest BCUT2D eigenvalue weighted by Gasteiger charge is -2.19. The standard InChI is InChI=1S/C11H22N2O2/c1-2-6-13(8-9-14)7-5-11(15)12-10-3-4-10/h10,14H,2-9H2,1H3,(H,12,15). The zero-order chi connectivity index (χ0) is 11.1. The minimum Gasteiger partial charge on any atom is -0.395 e. The molecule has 88 valence electrons. The molecule has 1 rings (SSSR count). The average Bonchev–Trinajstić information content (AvgIpc) is 2.99. The summed E-state index contributed by atoms with van der Waals surface area (Å²) in [5, 5.41) is 11.8. The Bertz CT molecular complexity index is 187. The van der Waals surface area contributed by atoms with E-state index in [1.165, 1.54) is 0 Å². The quantitative estimate of drug-likeness (QED) is 0.613. The van der Waals surface area contributed by atoms with Crippen LogP contribution in [-0.4, -0.2) is 48.2 Å². The molecule has 2 N–H and O–H groups in total. The predicted molar refractivity (Wildman–Crippen MR) is 59.6 cm³/mol. The van der Waals surface area contributed by atoms with E-state index in [0.717, 1.165) is 32.4 Å². The molecule has 1 amide bonds. The molecule has 1 fully saturated rings. The van der Waals surface area contributed by atoms with Crippen LogP contribution in [0.15, 0.2) is 0 Å². The van der Waals surface area contributed by atoms with E-state index in [2.05, 4.69) is 17.1 Å². The number of carbonyl (C=O) groups is 1. The van der Waals surface area contributed by atoms with Gasteiger partial charge in [0.2, 0.25) is 5.91 Å². The van der Waals surface area contributed by atoms with Gasteiger partial charge < -0.3 is 15.3 Å². The summed E-state index contributed by atoms with van der Waals surface area (Å²) >= 11 is 0. The molecule has 0 heterocycles. The van der Waals surface area contributed by atoms with Gasteiger partial charge in [0.25, 0.3) is 0 Å². The molecule has 0 saturated heterocycles. The van der Waals surface area contributed by atoms with Gasteiger partial charge in [-0.25, -0.2) is 0 Å². The van der Waals surface area contributed by atoms with E-state index >= 15 is 0 Å². The van der Waals surface area contributed by atoms with E-state index in [-0.39, 0.29) is 12.5 Å². The van der Waals surface area contributed by atoms with Gasteiger partial charge in [0.05, 0.1) is 6.61 Å². The molecule has 0 spiro atoms. The average molecular weight is 214 g/mol. The second-order valence-electron chi connectivity index (χ2n) is 4.16. The summed E-state index contributed by atoms with van der Waals surface area (Å²) in [5.41, 5.74) is 0. The molecule has 1 saturated carbocycles. The minimum atomic E-state index is 0.150. The Labute approximate surface area is 91.6 Å². The maximum absolute atomic E-state index is 11.4. The summed E-state index contributed by atoms with van der Waals surface area (Å²) in [4.78, 5) is 13.5. The second-order valence-corrected chi connectivity index (χ2v) is 4.16. The third-order valence-corrected chi connectivity index (χ3v) is 2.55. The SMILES string of the molecule is CCCN(CCO)CCC(=O)NC1CC1. The third kappa shape index (κ3) is 5.74. The monoisotopic (exact) mass is 214 g/mol. The zero-order valence-corrected chi connectivity index (χ0v) is 9.54. The molecule has 1 aliphatic rings. The summed E-state index contributed by atoms with van der Waals surface area (Å²) < 4.78 is 0. The molecule has 0 aliphatic heterocycles. The predicted octanol–water partition coefficient (Wildman–Crippen LogP) is 0.359. The summed E-state index contributed by atoms with van der Waals surface area (Å²) in [6.07, 6.45) is 3.89. The normalized spacial score (nSPS) is 15.7. The number of nitrogens with zero attached hydrogens (tertiary/aromatic N) is 1. The third-order valence-electron chi connectivity index (χ3n) is 2.55. The fourth-order valence-electron chi connectivity index (χ4n) is 1.58. The van der Waals surface area contributed by atoms with Gasteiger partial charge in [-0.15, -0.1) is 0 Å². The first kappa shape index (κ1) is 12.5. The lowest BCUT2D eigenvalue weighted by Crippen LogP contribution is -2.33. The van der Waals surface area contributed by atoms with E-state index in [1.54, 1.807) is 0 Å². The molecule has 0 radical (unpaired) electrons. The van der Waals surface area contributed by atoms with Gasteiger partial charge in [0.1, 0.15) is 0 Å². The van der Waals surface area contributed by atoms with Gasteiger partial charge >= 0.3 is 0 Å². The van der Waals surface area contributed by atoms with Crippen LogP contribution in [0.4, 0.5) is 0 Å². The molecular weight excluding hydrogens is 192 g/mol. The van der Waals surface area contributed by atoms with Gasteiger partial charge in [-0.1, -0.05) is 6.92 Å². The highest BCUT2D eigenvalue weighted by atomic mass is 16.3. The van der Waals surface area contributed by atoms with Gasteiger partial charge in [-0.3, -0.25) is 4.79 Å². The summed E-state index contributed by atoms with van der Waals surface area (Å²) in [7, 11) is 0. The highest BCUT2D eigenvalue weighted by molar-refractivity contribution is 5.76. The number of amides is 1. The Morgan fingerprint density at radius 3 is 2.67 bits per heavy atom. The number of aliphatic hydroxyl groups excluding tert-OH is 1.